The molecule has 25 heavy (non-hydrogen) atoms. The monoisotopic (exact) mass is 424 g/mol. The van der Waals surface area contributed by atoms with Crippen molar-refractivity contribution in [3.8, 4) is 0 Å². The van der Waals surface area contributed by atoms with E-state index in [1.165, 1.54) is 13.2 Å². The summed E-state index contributed by atoms with van der Waals surface area (Å²) in [4.78, 5) is 11.9. The fourth-order valence-electron chi connectivity index (χ4n) is 2.56. The highest BCUT2D eigenvalue weighted by atomic mass is 79.9. The van der Waals surface area contributed by atoms with E-state index >= 15 is 0 Å². The largest absolute Gasteiger partial charge is 0.465 e. The molecule has 3 N–H and O–H groups in total. The molecule has 0 bridgehead atoms. The summed E-state index contributed by atoms with van der Waals surface area (Å²) in [5, 5.41) is 0. The number of hydrogen-bond acceptors (Lipinski definition) is 5. The molecular formula is C17H17BrN2O4S. The molecule has 0 aliphatic heterocycles. The minimum atomic E-state index is -3.91. The van der Waals surface area contributed by atoms with E-state index in [2.05, 4.69) is 20.7 Å². The topological polar surface area (TPSA) is 98.5 Å². The quantitative estimate of drug-likeness (QED) is 0.565. The molecule has 2 aromatic carbocycles. The first-order valence-electron chi connectivity index (χ1n) is 7.62. The van der Waals surface area contributed by atoms with Gasteiger partial charge < -0.3 is 10.5 Å². The van der Waals surface area contributed by atoms with Crippen LogP contribution >= 0.6 is 15.9 Å². The molecule has 1 fully saturated rings. The van der Waals surface area contributed by atoms with Gasteiger partial charge in [0.25, 0.3) is 10.0 Å². The molecule has 1 saturated carbocycles. The SMILES string of the molecule is COC(=O)c1ccc(C2CC2)c(S(=O)(=O)Nc2cc(Br)ccc2N)c1. The Bertz CT molecular complexity index is 940. The van der Waals surface area contributed by atoms with Gasteiger partial charge in [-0.05, 0) is 54.7 Å². The van der Waals surface area contributed by atoms with Crippen molar-refractivity contribution in [2.75, 3.05) is 17.6 Å². The second-order valence-corrected chi connectivity index (χ2v) is 8.42. The van der Waals surface area contributed by atoms with Gasteiger partial charge in [-0.15, -0.1) is 0 Å². The molecule has 0 radical (unpaired) electrons. The summed E-state index contributed by atoms with van der Waals surface area (Å²) in [5.74, 6) is -0.390. The van der Waals surface area contributed by atoms with Crippen LogP contribution in [0.15, 0.2) is 45.8 Å². The number of benzene rings is 2. The minimum Gasteiger partial charge on any atom is -0.465 e. The van der Waals surface area contributed by atoms with Crippen LogP contribution in [0.4, 0.5) is 11.4 Å². The van der Waals surface area contributed by atoms with Crippen molar-refractivity contribution >= 4 is 43.3 Å². The lowest BCUT2D eigenvalue weighted by molar-refractivity contribution is 0.0600. The number of carbonyl (C=O) groups excluding carboxylic acids is 1. The van der Waals surface area contributed by atoms with Gasteiger partial charge in [-0.25, -0.2) is 13.2 Å². The zero-order chi connectivity index (χ0) is 18.2. The van der Waals surface area contributed by atoms with Gasteiger partial charge in [0.1, 0.15) is 0 Å². The van der Waals surface area contributed by atoms with Crippen LogP contribution < -0.4 is 10.5 Å². The van der Waals surface area contributed by atoms with E-state index in [0.717, 1.165) is 12.8 Å². The Morgan fingerprint density at radius 3 is 2.60 bits per heavy atom. The van der Waals surface area contributed by atoms with Crippen molar-refractivity contribution < 1.29 is 17.9 Å². The lowest BCUT2D eigenvalue weighted by atomic mass is 10.1. The van der Waals surface area contributed by atoms with Crippen LogP contribution in [-0.2, 0) is 14.8 Å². The molecule has 132 valence electrons. The Labute approximate surface area is 154 Å². The normalized spacial score (nSPS) is 14.2. The van der Waals surface area contributed by atoms with Gasteiger partial charge in [-0.2, -0.15) is 0 Å². The molecule has 0 heterocycles. The van der Waals surface area contributed by atoms with Crippen LogP contribution in [0.5, 0.6) is 0 Å². The number of hydrogen-bond donors (Lipinski definition) is 2. The first kappa shape index (κ1) is 17.8. The third kappa shape index (κ3) is 3.80. The fraction of sp³-hybridized carbons (Fsp3) is 0.235. The van der Waals surface area contributed by atoms with Crippen molar-refractivity contribution in [2.24, 2.45) is 0 Å². The zero-order valence-electron chi connectivity index (χ0n) is 13.5. The Morgan fingerprint density at radius 1 is 1.24 bits per heavy atom. The number of nitrogen functional groups attached to an aromatic ring is 1. The van der Waals surface area contributed by atoms with E-state index in [0.29, 0.717) is 15.7 Å². The lowest BCUT2D eigenvalue weighted by Gasteiger charge is -2.14. The molecule has 0 unspecified atom stereocenters. The summed E-state index contributed by atoms with van der Waals surface area (Å²) in [6.45, 7) is 0. The molecule has 1 aliphatic rings. The second kappa shape index (κ2) is 6.68. The van der Waals surface area contributed by atoms with Crippen LogP contribution in [0.3, 0.4) is 0 Å². The lowest BCUT2D eigenvalue weighted by Crippen LogP contribution is -2.17. The number of carbonyl (C=O) groups is 1. The second-order valence-electron chi connectivity index (χ2n) is 5.86. The number of methoxy groups -OCH3 is 1. The molecule has 2 aromatic rings. The maximum absolute atomic E-state index is 12.9. The maximum atomic E-state index is 12.9. The van der Waals surface area contributed by atoms with Crippen LogP contribution in [0, 0.1) is 0 Å². The van der Waals surface area contributed by atoms with E-state index in [4.69, 9.17) is 10.5 Å². The first-order valence-corrected chi connectivity index (χ1v) is 9.89. The standard InChI is InChI=1S/C17H17BrN2O4S/c1-24-17(21)11-4-6-13(10-2-3-10)16(8-11)25(22,23)20-15-9-12(18)5-7-14(15)19/h4-10,20H,2-3,19H2,1H3. The Kier molecular flexibility index (Phi) is 4.75. The van der Waals surface area contributed by atoms with E-state index in [-0.39, 0.29) is 22.1 Å². The molecule has 0 atom stereocenters. The number of rotatable bonds is 5. The van der Waals surface area contributed by atoms with Gasteiger partial charge in [0.2, 0.25) is 0 Å². The van der Waals surface area contributed by atoms with Crippen LogP contribution in [0.2, 0.25) is 0 Å². The third-order valence-corrected chi connectivity index (χ3v) is 5.92. The van der Waals surface area contributed by atoms with E-state index < -0.39 is 16.0 Å². The fourth-order valence-corrected chi connectivity index (χ4v) is 4.32. The first-order chi connectivity index (χ1) is 11.8. The smallest absolute Gasteiger partial charge is 0.337 e. The summed E-state index contributed by atoms with van der Waals surface area (Å²) in [6.07, 6.45) is 1.86. The number of sulfonamides is 1. The number of nitrogens with one attached hydrogen (secondary N) is 1. The van der Waals surface area contributed by atoms with Crippen molar-refractivity contribution in [1.29, 1.82) is 0 Å². The minimum absolute atomic E-state index is 0.0808. The maximum Gasteiger partial charge on any atom is 0.337 e. The van der Waals surface area contributed by atoms with Gasteiger partial charge in [0.15, 0.2) is 0 Å². The highest BCUT2D eigenvalue weighted by molar-refractivity contribution is 9.10. The predicted octanol–water partition coefficient (Wildman–Crippen LogP) is 3.50. The molecular weight excluding hydrogens is 408 g/mol. The Hall–Kier alpha value is -2.06. The van der Waals surface area contributed by atoms with Gasteiger partial charge in [-0.1, -0.05) is 22.0 Å². The predicted molar refractivity (Wildman–Crippen MR) is 99.1 cm³/mol. The number of halogens is 1. The van der Waals surface area contributed by atoms with Crippen molar-refractivity contribution in [1.82, 2.24) is 0 Å². The van der Waals surface area contributed by atoms with E-state index in [1.807, 2.05) is 0 Å². The molecule has 8 heteroatoms. The molecule has 0 amide bonds. The van der Waals surface area contributed by atoms with Crippen LogP contribution in [0.25, 0.3) is 0 Å². The molecule has 0 aromatic heterocycles. The van der Waals surface area contributed by atoms with Crippen LogP contribution in [0.1, 0.15) is 34.7 Å². The van der Waals surface area contributed by atoms with Gasteiger partial charge in [0.05, 0.1) is 28.9 Å². The summed E-state index contributed by atoms with van der Waals surface area (Å²) >= 11 is 3.30. The number of ether oxygens (including phenoxy) is 1. The highest BCUT2D eigenvalue weighted by Crippen LogP contribution is 2.43. The third-order valence-electron chi connectivity index (χ3n) is 4.00. The summed E-state index contributed by atoms with van der Waals surface area (Å²) in [5.41, 5.74) is 7.34. The van der Waals surface area contributed by atoms with Crippen LogP contribution in [-0.4, -0.2) is 21.5 Å². The summed E-state index contributed by atoms with van der Waals surface area (Å²) < 4.78 is 33.8. The Morgan fingerprint density at radius 2 is 1.96 bits per heavy atom. The number of anilines is 2. The average Bonchev–Trinajstić information content (AvgIpc) is 3.41. The highest BCUT2D eigenvalue weighted by Gasteiger charge is 2.31. The summed E-state index contributed by atoms with van der Waals surface area (Å²) in [7, 11) is -2.66. The van der Waals surface area contributed by atoms with Crippen molar-refractivity contribution in [3.05, 3.63) is 52.0 Å². The molecule has 6 nitrogen and oxygen atoms in total. The van der Waals surface area contributed by atoms with E-state index in [9.17, 15) is 13.2 Å². The molecule has 1 aliphatic carbocycles. The molecule has 0 spiro atoms. The molecule has 0 saturated heterocycles. The molecule has 3 rings (SSSR count). The van der Waals surface area contributed by atoms with Gasteiger partial charge in [0, 0.05) is 4.47 Å². The average molecular weight is 425 g/mol. The zero-order valence-corrected chi connectivity index (χ0v) is 15.9. The summed E-state index contributed by atoms with van der Waals surface area (Å²) in [6, 6.07) is 9.55. The van der Waals surface area contributed by atoms with Crippen molar-refractivity contribution in [2.45, 2.75) is 23.7 Å². The number of esters is 1. The van der Waals surface area contributed by atoms with Gasteiger partial charge >= 0.3 is 5.97 Å². The van der Waals surface area contributed by atoms with Crippen molar-refractivity contribution in [3.63, 3.8) is 0 Å². The van der Waals surface area contributed by atoms with E-state index in [1.54, 1.807) is 30.3 Å². The van der Waals surface area contributed by atoms with Gasteiger partial charge in [-0.3, -0.25) is 4.72 Å². The number of nitrogens with two attached hydrogens (primary N) is 1. The Balaban J connectivity index is 2.06.